The van der Waals surface area contributed by atoms with Crippen molar-refractivity contribution in [1.29, 1.82) is 0 Å². The van der Waals surface area contributed by atoms with Crippen LogP contribution in [0.5, 0.6) is 0 Å². The summed E-state index contributed by atoms with van der Waals surface area (Å²) < 4.78 is 8.28. The number of rotatable bonds is 0. The maximum Gasteiger partial charge on any atom is 0.316 e. The molecule has 0 aliphatic carbocycles. The molecule has 0 bridgehead atoms. The summed E-state index contributed by atoms with van der Waals surface area (Å²) in [6, 6.07) is 0. The minimum absolute atomic E-state index is 0. The van der Waals surface area contributed by atoms with Crippen molar-refractivity contribution in [1.82, 2.24) is 0 Å². The van der Waals surface area contributed by atoms with E-state index in [0.717, 1.165) is 0 Å². The van der Waals surface area contributed by atoms with Crippen LogP contribution in [0.4, 0.5) is 0 Å². The summed E-state index contributed by atoms with van der Waals surface area (Å²) in [5.74, 6) is 0. The van der Waals surface area contributed by atoms with E-state index in [2.05, 4.69) is 0 Å². The van der Waals surface area contributed by atoms with E-state index in [1.807, 2.05) is 0 Å². The molecule has 0 heterocycles. The molecule has 0 amide bonds. The van der Waals surface area contributed by atoms with Crippen LogP contribution in [0.25, 0.3) is 0 Å². The van der Waals surface area contributed by atoms with Gasteiger partial charge in [0.2, 0.25) is 10.1 Å². The van der Waals surface area contributed by atoms with Crippen LogP contribution in [0, 0.1) is 0 Å². The minimum Gasteiger partial charge on any atom is 0.316 e. The van der Waals surface area contributed by atoms with E-state index >= 15 is 0 Å². The Kier molecular flexibility index (Phi) is 158. The van der Waals surface area contributed by atoms with E-state index in [0.29, 0.717) is 10.1 Å². The maximum atomic E-state index is 8.28. The van der Waals surface area contributed by atoms with Gasteiger partial charge in [0.25, 0.3) is 0 Å². The van der Waals surface area contributed by atoms with Crippen molar-refractivity contribution >= 4 is 88.3 Å². The first-order chi connectivity index (χ1) is 1.00. The van der Waals surface area contributed by atoms with Gasteiger partial charge in [-0.1, -0.05) is 0 Å². The molecule has 0 aliphatic heterocycles. The first kappa shape index (κ1) is 25.6. The second-order valence-corrected chi connectivity index (χ2v) is 0. The second-order valence-electron chi connectivity index (χ2n) is 0. The molecule has 0 aromatic rings. The summed E-state index contributed by atoms with van der Waals surface area (Å²) >= 11 is 0. The van der Waals surface area contributed by atoms with Gasteiger partial charge in [-0.3, -0.25) is 0 Å². The van der Waals surface area contributed by atoms with Crippen molar-refractivity contribution in [3.63, 3.8) is 0 Å². The zero-order chi connectivity index (χ0) is 2.00. The van der Waals surface area contributed by atoms with Crippen LogP contribution < -0.4 is 0 Å². The van der Waals surface area contributed by atoms with Crippen molar-refractivity contribution in [2.45, 2.75) is 0 Å². The molecule has 5 heavy (non-hydrogen) atoms. The normalized spacial score (nSPS) is 0.800. The average Bonchev–Trinajstić information content (AvgIpc) is 1.00. The Labute approximate surface area is 91.0 Å². The molecule has 26 valence electrons. The van der Waals surface area contributed by atoms with Crippen molar-refractivity contribution < 1.29 is 4.46 Å². The Morgan fingerprint density at radius 2 is 1.20 bits per heavy atom. The van der Waals surface area contributed by atoms with E-state index < -0.39 is 0 Å². The van der Waals surface area contributed by atoms with Gasteiger partial charge < -0.3 is 4.46 Å². The van der Waals surface area contributed by atoms with Crippen molar-refractivity contribution in [2.75, 3.05) is 0 Å². The molecule has 0 atom stereocenters. The maximum absolute atomic E-state index is 8.28. The van der Waals surface area contributed by atoms with Gasteiger partial charge in [-0.15, -0.1) is 0 Å². The SMILES string of the molecule is O=[SiH2].[AlH3].[CaH2].[MgH2]. The van der Waals surface area contributed by atoms with Gasteiger partial charge in [0, 0.05) is 0 Å². The molecule has 0 saturated heterocycles. The Hall–Kier alpha value is 2.58. The third-order valence-corrected chi connectivity index (χ3v) is 0. The van der Waals surface area contributed by atoms with E-state index in [-0.39, 0.29) is 78.2 Å². The predicted octanol–water partition coefficient (Wildman–Crippen LogP) is -4.05. The van der Waals surface area contributed by atoms with Gasteiger partial charge in [-0.2, -0.15) is 0 Å². The molecule has 0 unspecified atom stereocenters. The van der Waals surface area contributed by atoms with E-state index in [1.54, 1.807) is 0 Å². The fraction of sp³-hybridized carbons (Fsp3) is 0. The Morgan fingerprint density at radius 3 is 1.20 bits per heavy atom. The zero-order valence-corrected chi connectivity index (χ0v) is 2.53. The molecule has 0 spiro atoms. The molecular formula is H9AlCaMgOSi. The molecule has 1 nitrogen and oxygen atoms in total. The van der Waals surface area contributed by atoms with Crippen molar-refractivity contribution in [2.24, 2.45) is 0 Å². The van der Waals surface area contributed by atoms with E-state index in [9.17, 15) is 0 Å². The number of hydrogen-bond acceptors (Lipinski definition) is 1. The van der Waals surface area contributed by atoms with Gasteiger partial charge in [-0.05, 0) is 0 Å². The van der Waals surface area contributed by atoms with Crippen molar-refractivity contribution in [3.8, 4) is 0 Å². The fourth-order valence-electron chi connectivity index (χ4n) is 0. The van der Waals surface area contributed by atoms with Crippen LogP contribution in [-0.2, 0) is 4.46 Å². The summed E-state index contributed by atoms with van der Waals surface area (Å²) in [7, 11) is 0.611. The molecule has 0 N–H and O–H groups in total. The first-order valence-electron chi connectivity index (χ1n) is 0.289. The predicted molar refractivity (Wildman–Crippen MR) is 36.3 cm³/mol. The third kappa shape index (κ3) is 20.8. The molecule has 0 saturated carbocycles. The van der Waals surface area contributed by atoms with Gasteiger partial charge >= 0.3 is 60.8 Å². The largest absolute Gasteiger partial charge is 0.316 e. The summed E-state index contributed by atoms with van der Waals surface area (Å²) in [6.07, 6.45) is 0. The quantitative estimate of drug-likeness (QED) is 0.317. The summed E-state index contributed by atoms with van der Waals surface area (Å²) in [6.45, 7) is 0. The Balaban J connectivity index is -0.00000000167. The average molecular weight is 145 g/mol. The zero-order valence-electron chi connectivity index (χ0n) is 1.12. The van der Waals surface area contributed by atoms with Crippen LogP contribution in [0.15, 0.2) is 0 Å². The van der Waals surface area contributed by atoms with Crippen LogP contribution in [0.1, 0.15) is 0 Å². The topological polar surface area (TPSA) is 17.1 Å². The smallest absolute Gasteiger partial charge is 0.316 e. The fourth-order valence-corrected chi connectivity index (χ4v) is 0. The minimum atomic E-state index is 0. The van der Waals surface area contributed by atoms with Gasteiger partial charge in [0.15, 0.2) is 17.4 Å². The summed E-state index contributed by atoms with van der Waals surface area (Å²) in [5, 5.41) is 0. The van der Waals surface area contributed by atoms with E-state index in [4.69, 9.17) is 4.46 Å². The van der Waals surface area contributed by atoms with Crippen molar-refractivity contribution in [3.05, 3.63) is 0 Å². The van der Waals surface area contributed by atoms with Crippen LogP contribution in [0.3, 0.4) is 0 Å². The molecule has 0 aromatic carbocycles. The van der Waals surface area contributed by atoms with Crippen LogP contribution >= 0.6 is 0 Å². The molecular weight excluding hydrogens is 135 g/mol. The Bertz CT molecular complexity index is 11.6. The molecule has 5 heteroatoms. The van der Waals surface area contributed by atoms with Gasteiger partial charge in [-0.25, -0.2) is 0 Å². The van der Waals surface area contributed by atoms with Crippen LogP contribution in [0.2, 0.25) is 0 Å². The molecule has 0 aromatic heterocycles. The van der Waals surface area contributed by atoms with Crippen LogP contribution in [-0.4, -0.2) is 88.3 Å². The van der Waals surface area contributed by atoms with Gasteiger partial charge in [0.1, 0.15) is 0 Å². The molecule has 0 radical (unpaired) electrons. The first-order valence-corrected chi connectivity index (χ1v) is 0.866. The number of hydrogen-bond donors (Lipinski definition) is 0. The third-order valence-electron chi connectivity index (χ3n) is 0. The summed E-state index contributed by atoms with van der Waals surface area (Å²) in [4.78, 5) is 0. The second kappa shape index (κ2) is 30.8. The van der Waals surface area contributed by atoms with Gasteiger partial charge in [0.05, 0.1) is 0 Å². The molecule has 0 fully saturated rings. The molecule has 0 rings (SSSR count). The van der Waals surface area contributed by atoms with E-state index in [1.165, 1.54) is 0 Å². The summed E-state index contributed by atoms with van der Waals surface area (Å²) in [5.41, 5.74) is 0. The standard InChI is InChI=1S/Al.Ca.Mg.H2OSi.7H/c;;;1-2;;;;;;;/h;;;2H2;;;;;;;. The molecule has 0 aliphatic rings. The Morgan fingerprint density at radius 1 is 1.20 bits per heavy atom. The monoisotopic (exact) mass is 144 g/mol.